The molecule has 1 aliphatic rings. The van der Waals surface area contributed by atoms with Crippen molar-refractivity contribution in [2.75, 3.05) is 13.1 Å². The zero-order chi connectivity index (χ0) is 8.39. The van der Waals surface area contributed by atoms with Crippen LogP contribution in [0.3, 0.4) is 0 Å². The molecule has 0 aliphatic carbocycles. The Balaban J connectivity index is 2.17. The molecular weight excluding hydrogens is 218 g/mol. The summed E-state index contributed by atoms with van der Waals surface area (Å²) in [6.07, 6.45) is 4.77. The van der Waals surface area contributed by atoms with Crippen molar-refractivity contribution in [1.82, 2.24) is 15.3 Å². The fourth-order valence-corrected chi connectivity index (χ4v) is 1.61. The summed E-state index contributed by atoms with van der Waals surface area (Å²) in [5, 5.41) is 3.29. The fourth-order valence-electron chi connectivity index (χ4n) is 1.41. The third-order valence-electron chi connectivity index (χ3n) is 2.07. The van der Waals surface area contributed by atoms with Gasteiger partial charge in [0.25, 0.3) is 0 Å². The van der Waals surface area contributed by atoms with Crippen LogP contribution in [-0.4, -0.2) is 23.1 Å². The Morgan fingerprint density at radius 1 is 1.42 bits per heavy atom. The van der Waals surface area contributed by atoms with E-state index in [1.54, 1.807) is 12.4 Å². The van der Waals surface area contributed by atoms with Gasteiger partial charge >= 0.3 is 0 Å². The van der Waals surface area contributed by atoms with Crippen LogP contribution in [0.15, 0.2) is 16.9 Å². The molecule has 1 aromatic rings. The fraction of sp³-hybridized carbons (Fsp3) is 0.500. The SMILES string of the molecule is Brc1cnc(C2CCNC2)nc1. The highest BCUT2D eigenvalue weighted by atomic mass is 79.9. The first-order valence-electron chi connectivity index (χ1n) is 4.04. The Morgan fingerprint density at radius 2 is 2.17 bits per heavy atom. The summed E-state index contributed by atoms with van der Waals surface area (Å²) < 4.78 is 0.942. The van der Waals surface area contributed by atoms with E-state index in [9.17, 15) is 0 Å². The molecule has 2 heterocycles. The van der Waals surface area contributed by atoms with Crippen LogP contribution in [0.1, 0.15) is 18.2 Å². The minimum atomic E-state index is 0.512. The van der Waals surface area contributed by atoms with Gasteiger partial charge < -0.3 is 5.32 Å². The van der Waals surface area contributed by atoms with Crippen LogP contribution in [0, 0.1) is 0 Å². The molecule has 0 aromatic carbocycles. The van der Waals surface area contributed by atoms with Crippen molar-refractivity contribution in [2.24, 2.45) is 0 Å². The van der Waals surface area contributed by atoms with E-state index in [-0.39, 0.29) is 0 Å². The van der Waals surface area contributed by atoms with Crippen molar-refractivity contribution in [3.63, 3.8) is 0 Å². The van der Waals surface area contributed by atoms with Gasteiger partial charge in [0.15, 0.2) is 0 Å². The van der Waals surface area contributed by atoms with Crippen LogP contribution >= 0.6 is 15.9 Å². The molecule has 4 heteroatoms. The molecule has 3 nitrogen and oxygen atoms in total. The van der Waals surface area contributed by atoms with Crippen LogP contribution < -0.4 is 5.32 Å². The van der Waals surface area contributed by atoms with Crippen LogP contribution in [0.25, 0.3) is 0 Å². The maximum atomic E-state index is 4.26. The Bertz CT molecular complexity index is 254. The molecule has 1 aliphatic heterocycles. The number of nitrogens with one attached hydrogen (secondary N) is 1. The van der Waals surface area contributed by atoms with Gasteiger partial charge in [0, 0.05) is 24.9 Å². The van der Waals surface area contributed by atoms with Crippen LogP contribution in [-0.2, 0) is 0 Å². The minimum absolute atomic E-state index is 0.512. The standard InChI is InChI=1S/C8H10BrN3/c9-7-4-11-8(12-5-7)6-1-2-10-3-6/h4-6,10H,1-3H2. The van der Waals surface area contributed by atoms with Crippen molar-refractivity contribution in [3.05, 3.63) is 22.7 Å². The molecule has 1 fully saturated rings. The summed E-state index contributed by atoms with van der Waals surface area (Å²) in [5.41, 5.74) is 0. The van der Waals surface area contributed by atoms with Gasteiger partial charge in [-0.2, -0.15) is 0 Å². The molecule has 12 heavy (non-hydrogen) atoms. The second-order valence-corrected chi connectivity index (χ2v) is 3.86. The predicted octanol–water partition coefficient (Wildman–Crippen LogP) is 1.32. The summed E-state index contributed by atoms with van der Waals surface area (Å²) in [7, 11) is 0. The third-order valence-corrected chi connectivity index (χ3v) is 2.48. The Kier molecular flexibility index (Phi) is 2.37. The summed E-state index contributed by atoms with van der Waals surface area (Å²) in [6.45, 7) is 2.10. The largest absolute Gasteiger partial charge is 0.316 e. The van der Waals surface area contributed by atoms with E-state index in [0.717, 1.165) is 29.8 Å². The number of halogens is 1. The second kappa shape index (κ2) is 3.49. The Morgan fingerprint density at radius 3 is 2.75 bits per heavy atom. The smallest absolute Gasteiger partial charge is 0.132 e. The average Bonchev–Trinajstić information content (AvgIpc) is 2.58. The molecule has 0 amide bonds. The highest BCUT2D eigenvalue weighted by molar-refractivity contribution is 9.10. The lowest BCUT2D eigenvalue weighted by Gasteiger charge is -2.04. The normalized spacial score (nSPS) is 22.9. The van der Waals surface area contributed by atoms with E-state index in [0.29, 0.717) is 5.92 Å². The molecule has 0 bridgehead atoms. The van der Waals surface area contributed by atoms with Crippen molar-refractivity contribution in [3.8, 4) is 0 Å². The van der Waals surface area contributed by atoms with Crippen molar-refractivity contribution in [2.45, 2.75) is 12.3 Å². The first-order valence-corrected chi connectivity index (χ1v) is 4.84. The monoisotopic (exact) mass is 227 g/mol. The van der Waals surface area contributed by atoms with Crippen molar-refractivity contribution >= 4 is 15.9 Å². The quantitative estimate of drug-likeness (QED) is 0.787. The van der Waals surface area contributed by atoms with Gasteiger partial charge in [0.05, 0.1) is 4.47 Å². The molecule has 1 saturated heterocycles. The predicted molar refractivity (Wildman–Crippen MR) is 50.0 cm³/mol. The van der Waals surface area contributed by atoms with Gasteiger partial charge in [-0.1, -0.05) is 0 Å². The molecular formula is C8H10BrN3. The average molecular weight is 228 g/mol. The maximum absolute atomic E-state index is 4.26. The molecule has 64 valence electrons. The summed E-state index contributed by atoms with van der Waals surface area (Å²) in [6, 6.07) is 0. The molecule has 1 atom stereocenters. The Labute approximate surface area is 79.7 Å². The molecule has 1 aromatic heterocycles. The summed E-state index contributed by atoms with van der Waals surface area (Å²) in [4.78, 5) is 8.52. The van der Waals surface area contributed by atoms with Gasteiger partial charge in [-0.3, -0.25) is 0 Å². The van der Waals surface area contributed by atoms with E-state index < -0.39 is 0 Å². The van der Waals surface area contributed by atoms with Gasteiger partial charge in [-0.25, -0.2) is 9.97 Å². The van der Waals surface area contributed by atoms with Gasteiger partial charge in [0.2, 0.25) is 0 Å². The molecule has 0 saturated carbocycles. The second-order valence-electron chi connectivity index (χ2n) is 2.95. The number of nitrogens with zero attached hydrogens (tertiary/aromatic N) is 2. The molecule has 0 radical (unpaired) electrons. The molecule has 2 rings (SSSR count). The van der Waals surface area contributed by atoms with Crippen LogP contribution in [0.2, 0.25) is 0 Å². The summed E-state index contributed by atoms with van der Waals surface area (Å²) >= 11 is 3.31. The van der Waals surface area contributed by atoms with E-state index in [4.69, 9.17) is 0 Å². The van der Waals surface area contributed by atoms with Gasteiger partial charge in [-0.15, -0.1) is 0 Å². The minimum Gasteiger partial charge on any atom is -0.316 e. The van der Waals surface area contributed by atoms with E-state index >= 15 is 0 Å². The molecule has 1 N–H and O–H groups in total. The van der Waals surface area contributed by atoms with Crippen molar-refractivity contribution < 1.29 is 0 Å². The number of aromatic nitrogens is 2. The maximum Gasteiger partial charge on any atom is 0.132 e. The van der Waals surface area contributed by atoms with Crippen molar-refractivity contribution in [1.29, 1.82) is 0 Å². The summed E-state index contributed by atoms with van der Waals surface area (Å²) in [5.74, 6) is 1.47. The first kappa shape index (κ1) is 8.13. The molecule has 1 unspecified atom stereocenters. The number of hydrogen-bond donors (Lipinski definition) is 1. The van der Waals surface area contributed by atoms with Crippen LogP contribution in [0.5, 0.6) is 0 Å². The first-order chi connectivity index (χ1) is 5.86. The Hall–Kier alpha value is -0.480. The number of rotatable bonds is 1. The zero-order valence-corrected chi connectivity index (χ0v) is 8.21. The van der Waals surface area contributed by atoms with E-state index in [1.807, 2.05) is 0 Å². The molecule has 0 spiro atoms. The highest BCUT2D eigenvalue weighted by Gasteiger charge is 2.18. The van der Waals surface area contributed by atoms with E-state index in [1.165, 1.54) is 0 Å². The van der Waals surface area contributed by atoms with Crippen LogP contribution in [0.4, 0.5) is 0 Å². The van der Waals surface area contributed by atoms with Gasteiger partial charge in [0.1, 0.15) is 5.82 Å². The highest BCUT2D eigenvalue weighted by Crippen LogP contribution is 2.18. The lowest BCUT2D eigenvalue weighted by Crippen LogP contribution is -2.09. The topological polar surface area (TPSA) is 37.8 Å². The van der Waals surface area contributed by atoms with Gasteiger partial charge in [-0.05, 0) is 28.9 Å². The van der Waals surface area contributed by atoms with E-state index in [2.05, 4.69) is 31.2 Å². The third kappa shape index (κ3) is 1.64. The lowest BCUT2D eigenvalue weighted by atomic mass is 10.1. The lowest BCUT2D eigenvalue weighted by molar-refractivity contribution is 0.700. The zero-order valence-electron chi connectivity index (χ0n) is 6.63. The number of hydrogen-bond acceptors (Lipinski definition) is 3.